The quantitative estimate of drug-likeness (QED) is 0.537. The highest BCUT2D eigenvalue weighted by Crippen LogP contribution is 2.17. The summed E-state index contributed by atoms with van der Waals surface area (Å²) in [6.45, 7) is 1.97. The van der Waals surface area contributed by atoms with E-state index < -0.39 is 16.2 Å². The first kappa shape index (κ1) is 19.4. The Morgan fingerprint density at radius 1 is 1.12 bits per heavy atom. The molecule has 0 aliphatic heterocycles. The lowest BCUT2D eigenvalue weighted by Crippen LogP contribution is -2.28. The number of hydroxylamine groups is 1. The van der Waals surface area contributed by atoms with E-state index in [9.17, 15) is 13.2 Å². The maximum absolute atomic E-state index is 11.9. The van der Waals surface area contributed by atoms with Gasteiger partial charge in [0, 0.05) is 4.47 Å². The highest BCUT2D eigenvalue weighted by molar-refractivity contribution is 9.10. The Labute approximate surface area is 155 Å². The van der Waals surface area contributed by atoms with Crippen LogP contribution in [-0.4, -0.2) is 21.1 Å². The summed E-state index contributed by atoms with van der Waals surface area (Å²) < 4.78 is 34.2. The summed E-state index contributed by atoms with van der Waals surface area (Å²) in [6.07, 6.45) is 0.362. The van der Waals surface area contributed by atoms with Gasteiger partial charge in [0.2, 0.25) is 0 Å². The molecule has 0 spiro atoms. The molecule has 2 aromatic carbocycles. The Kier molecular flexibility index (Phi) is 6.98. The van der Waals surface area contributed by atoms with Crippen molar-refractivity contribution in [3.8, 4) is 0 Å². The van der Waals surface area contributed by atoms with E-state index in [1.165, 1.54) is 12.1 Å². The van der Waals surface area contributed by atoms with Crippen LogP contribution >= 0.6 is 15.9 Å². The highest BCUT2D eigenvalue weighted by atomic mass is 79.9. The summed E-state index contributed by atoms with van der Waals surface area (Å²) in [5.74, 6) is 0. The number of hydrogen-bond donors (Lipinski definition) is 1. The topological polar surface area (TPSA) is 81.7 Å². The minimum absolute atomic E-state index is 0.0488. The van der Waals surface area contributed by atoms with Gasteiger partial charge in [0.25, 0.3) is 0 Å². The first-order valence-electron chi connectivity index (χ1n) is 7.55. The molecule has 0 heterocycles. The molecule has 0 saturated heterocycles. The minimum atomic E-state index is -4.07. The molecule has 2 rings (SSSR count). The van der Waals surface area contributed by atoms with E-state index in [1.54, 1.807) is 17.6 Å². The summed E-state index contributed by atoms with van der Waals surface area (Å²) in [5.41, 5.74) is 3.80. The van der Waals surface area contributed by atoms with E-state index in [0.717, 1.165) is 22.0 Å². The van der Waals surface area contributed by atoms with Gasteiger partial charge in [-0.1, -0.05) is 51.8 Å². The van der Waals surface area contributed by atoms with Crippen LogP contribution in [-0.2, 0) is 25.6 Å². The molecular weight excluding hydrogens is 410 g/mol. The fourth-order valence-corrected chi connectivity index (χ4v) is 3.23. The Bertz CT molecular complexity index is 821. The van der Waals surface area contributed by atoms with Gasteiger partial charge in [0.05, 0.1) is 11.5 Å². The van der Waals surface area contributed by atoms with Crippen LogP contribution in [0.1, 0.15) is 17.5 Å². The van der Waals surface area contributed by atoms with Gasteiger partial charge in [0.15, 0.2) is 0 Å². The average molecular weight is 428 g/mol. The fraction of sp³-hybridized carbons (Fsp3) is 0.235. The predicted octanol–water partition coefficient (Wildman–Crippen LogP) is 3.74. The number of hydrogen-bond acceptors (Lipinski definition) is 5. The van der Waals surface area contributed by atoms with Crippen LogP contribution < -0.4 is 5.48 Å². The number of carbonyl (C=O) groups is 1. The van der Waals surface area contributed by atoms with Gasteiger partial charge in [0.1, 0.15) is 0 Å². The SMILES string of the molecule is Cc1ccc(S(=O)(=O)ONC(=O)OCCCc2ccccc2Br)cc1. The molecule has 1 N–H and O–H groups in total. The zero-order chi connectivity index (χ0) is 18.3. The predicted molar refractivity (Wildman–Crippen MR) is 96.4 cm³/mol. The number of carbonyl (C=O) groups excluding carboxylic acids is 1. The van der Waals surface area contributed by atoms with Gasteiger partial charge >= 0.3 is 16.2 Å². The Morgan fingerprint density at radius 3 is 2.48 bits per heavy atom. The van der Waals surface area contributed by atoms with Gasteiger partial charge in [-0.3, -0.25) is 0 Å². The third-order valence-electron chi connectivity index (χ3n) is 3.33. The molecule has 8 heteroatoms. The average Bonchev–Trinajstić information content (AvgIpc) is 2.59. The second-order valence-electron chi connectivity index (χ2n) is 5.28. The largest absolute Gasteiger partial charge is 0.448 e. The molecule has 0 atom stereocenters. The Balaban J connectivity index is 1.73. The first-order valence-corrected chi connectivity index (χ1v) is 9.75. The van der Waals surface area contributed by atoms with Crippen LogP contribution in [0.5, 0.6) is 0 Å². The van der Waals surface area contributed by atoms with Crippen LogP contribution in [0, 0.1) is 6.92 Å². The maximum Gasteiger partial charge on any atom is 0.432 e. The van der Waals surface area contributed by atoms with Crippen molar-refractivity contribution in [2.45, 2.75) is 24.7 Å². The third-order valence-corrected chi connectivity index (χ3v) is 5.25. The molecule has 0 aromatic heterocycles. The van der Waals surface area contributed by atoms with Crippen molar-refractivity contribution in [1.82, 2.24) is 5.48 Å². The zero-order valence-electron chi connectivity index (χ0n) is 13.6. The summed E-state index contributed by atoms with van der Waals surface area (Å²) in [4.78, 5) is 11.5. The number of nitrogens with one attached hydrogen (secondary N) is 1. The van der Waals surface area contributed by atoms with Crippen LogP contribution in [0.15, 0.2) is 57.9 Å². The summed E-state index contributed by atoms with van der Waals surface area (Å²) in [7, 11) is -4.07. The molecule has 0 aliphatic carbocycles. The molecule has 0 fully saturated rings. The van der Waals surface area contributed by atoms with E-state index >= 15 is 0 Å². The smallest absolute Gasteiger partial charge is 0.432 e. The third kappa shape index (κ3) is 6.15. The second-order valence-corrected chi connectivity index (χ2v) is 7.68. The van der Waals surface area contributed by atoms with Crippen molar-refractivity contribution in [2.24, 2.45) is 0 Å². The number of aryl methyl sites for hydroxylation is 2. The summed E-state index contributed by atoms with van der Waals surface area (Å²) >= 11 is 3.44. The van der Waals surface area contributed by atoms with E-state index in [-0.39, 0.29) is 11.5 Å². The molecule has 2 aromatic rings. The van der Waals surface area contributed by atoms with Gasteiger partial charge in [-0.25, -0.2) is 4.79 Å². The molecule has 6 nitrogen and oxygen atoms in total. The van der Waals surface area contributed by atoms with E-state index in [1.807, 2.05) is 31.2 Å². The van der Waals surface area contributed by atoms with Crippen molar-refractivity contribution in [3.05, 3.63) is 64.1 Å². The molecular formula is C17H18BrNO5S. The lowest BCUT2D eigenvalue weighted by atomic mass is 10.1. The number of ether oxygens (including phenoxy) is 1. The standard InChI is InChI=1S/C17H18BrNO5S/c1-13-8-10-15(11-9-13)25(21,22)24-19-17(20)23-12-4-6-14-5-2-3-7-16(14)18/h2-3,5,7-11H,4,6,12H2,1H3,(H,19,20). The van der Waals surface area contributed by atoms with Crippen LogP contribution in [0.4, 0.5) is 4.79 Å². The molecule has 25 heavy (non-hydrogen) atoms. The molecule has 1 amide bonds. The van der Waals surface area contributed by atoms with Crippen molar-refractivity contribution >= 4 is 32.1 Å². The fourth-order valence-electron chi connectivity index (χ4n) is 2.00. The van der Waals surface area contributed by atoms with Gasteiger partial charge in [-0.15, -0.1) is 4.28 Å². The highest BCUT2D eigenvalue weighted by Gasteiger charge is 2.17. The number of amides is 1. The molecule has 0 unspecified atom stereocenters. The van der Waals surface area contributed by atoms with Crippen molar-refractivity contribution in [1.29, 1.82) is 0 Å². The Hall–Kier alpha value is -1.90. The lowest BCUT2D eigenvalue weighted by molar-refractivity contribution is 0.102. The monoisotopic (exact) mass is 427 g/mol. The zero-order valence-corrected chi connectivity index (χ0v) is 16.0. The normalized spacial score (nSPS) is 11.1. The second kappa shape index (κ2) is 8.98. The van der Waals surface area contributed by atoms with E-state index in [4.69, 9.17) is 4.74 Å². The lowest BCUT2D eigenvalue weighted by Gasteiger charge is -2.08. The van der Waals surface area contributed by atoms with Crippen molar-refractivity contribution in [3.63, 3.8) is 0 Å². The Morgan fingerprint density at radius 2 is 1.80 bits per heavy atom. The minimum Gasteiger partial charge on any atom is -0.448 e. The molecule has 134 valence electrons. The van der Waals surface area contributed by atoms with E-state index in [2.05, 4.69) is 20.2 Å². The number of halogens is 1. The van der Waals surface area contributed by atoms with Gasteiger partial charge in [-0.2, -0.15) is 13.9 Å². The van der Waals surface area contributed by atoms with E-state index in [0.29, 0.717) is 6.42 Å². The van der Waals surface area contributed by atoms with Crippen molar-refractivity contribution < 1.29 is 22.2 Å². The van der Waals surface area contributed by atoms with Crippen molar-refractivity contribution in [2.75, 3.05) is 6.61 Å². The molecule has 0 saturated carbocycles. The van der Waals surface area contributed by atoms with Gasteiger partial charge in [-0.05, 0) is 43.5 Å². The maximum atomic E-state index is 11.9. The molecule has 0 radical (unpaired) electrons. The number of rotatable bonds is 7. The molecule has 0 bridgehead atoms. The summed E-state index contributed by atoms with van der Waals surface area (Å²) in [6, 6.07) is 13.8. The first-order chi connectivity index (χ1) is 11.9. The van der Waals surface area contributed by atoms with Crippen LogP contribution in [0.25, 0.3) is 0 Å². The van der Waals surface area contributed by atoms with Gasteiger partial charge < -0.3 is 4.74 Å². The van der Waals surface area contributed by atoms with Crippen LogP contribution in [0.2, 0.25) is 0 Å². The van der Waals surface area contributed by atoms with Crippen LogP contribution in [0.3, 0.4) is 0 Å². The number of benzene rings is 2. The summed E-state index contributed by atoms with van der Waals surface area (Å²) in [5, 5.41) is 0. The molecule has 0 aliphatic rings.